The third kappa shape index (κ3) is 6.62. The number of hydrogen-bond donors (Lipinski definition) is 2. The van der Waals surface area contributed by atoms with Crippen LogP contribution in [-0.2, 0) is 33.3 Å². The topological polar surface area (TPSA) is 67.3 Å². The zero-order valence-corrected chi connectivity index (χ0v) is 22.6. The van der Waals surface area contributed by atoms with Gasteiger partial charge >= 0.3 is 0 Å². The third-order valence-electron chi connectivity index (χ3n) is 5.50. The molecule has 6 heteroatoms. The maximum atomic E-state index is 9.46. The molecule has 0 atom stereocenters. The van der Waals surface area contributed by atoms with Crippen LogP contribution >= 0.6 is 0 Å². The summed E-state index contributed by atoms with van der Waals surface area (Å²) in [6.07, 6.45) is 3.61. The number of nitrogens with one attached hydrogen (secondary N) is 1. The van der Waals surface area contributed by atoms with E-state index in [2.05, 4.69) is 39.6 Å². The largest absolute Gasteiger partial charge is 0.540 e. The molecule has 5 aromatic rings. The maximum absolute atomic E-state index is 9.46. The Morgan fingerprint density at radius 1 is 0.944 bits per heavy atom. The van der Waals surface area contributed by atoms with E-state index in [0.717, 1.165) is 40.2 Å². The first-order valence-electron chi connectivity index (χ1n) is 11.3. The fourth-order valence-corrected chi connectivity index (χ4v) is 3.80. The van der Waals surface area contributed by atoms with E-state index >= 15 is 0 Å². The van der Waals surface area contributed by atoms with Crippen molar-refractivity contribution in [3.8, 4) is 28.3 Å². The van der Waals surface area contributed by atoms with E-state index in [9.17, 15) is 5.11 Å². The van der Waals surface area contributed by atoms with Crippen LogP contribution in [0.4, 0.5) is 0 Å². The van der Waals surface area contributed by atoms with Crippen LogP contribution < -0.4 is 10.1 Å². The van der Waals surface area contributed by atoms with Crippen LogP contribution in [0.15, 0.2) is 91.3 Å². The number of aromatic nitrogens is 2. The third-order valence-corrected chi connectivity index (χ3v) is 5.50. The molecule has 5 rings (SSSR count). The van der Waals surface area contributed by atoms with Crippen LogP contribution in [0.25, 0.3) is 33.3 Å². The second kappa shape index (κ2) is 13.6. The minimum atomic E-state index is -0.0685. The van der Waals surface area contributed by atoms with E-state index in [-0.39, 0.29) is 26.7 Å². The molecule has 0 bridgehead atoms. The molecule has 2 heterocycles. The number of ether oxygens (including phenoxy) is 1. The number of fused-ring (bicyclic) bond motifs is 1. The van der Waals surface area contributed by atoms with Gasteiger partial charge in [0.25, 0.3) is 0 Å². The molecule has 5 nitrogen and oxygen atoms in total. The molecule has 0 saturated heterocycles. The van der Waals surface area contributed by atoms with Gasteiger partial charge in [-0.1, -0.05) is 42.0 Å². The Kier molecular flexibility index (Phi) is 10.3. The Hall–Kier alpha value is -3.41. The second-order valence-electron chi connectivity index (χ2n) is 7.83. The van der Waals surface area contributed by atoms with Gasteiger partial charge in [0.2, 0.25) is 0 Å². The van der Waals surface area contributed by atoms with Crippen molar-refractivity contribution in [1.29, 1.82) is 0 Å². The van der Waals surface area contributed by atoms with Crippen molar-refractivity contribution < 1.29 is 29.9 Å². The van der Waals surface area contributed by atoms with E-state index in [1.165, 1.54) is 10.8 Å². The first-order valence-corrected chi connectivity index (χ1v) is 11.3. The van der Waals surface area contributed by atoms with E-state index in [4.69, 9.17) is 4.74 Å². The number of hydrogen-bond acceptors (Lipinski definition) is 5. The minimum absolute atomic E-state index is 0. The molecule has 3 aromatic carbocycles. The summed E-state index contributed by atoms with van der Waals surface area (Å²) in [5, 5.41) is 14.9. The molecule has 0 fully saturated rings. The fourth-order valence-electron chi connectivity index (χ4n) is 3.80. The number of benzene rings is 3. The number of methoxy groups -OCH3 is 1. The summed E-state index contributed by atoms with van der Waals surface area (Å²) in [5.41, 5.74) is 5.55. The Labute approximate surface area is 225 Å². The van der Waals surface area contributed by atoms with Gasteiger partial charge in [-0.2, -0.15) is 0 Å². The van der Waals surface area contributed by atoms with Crippen LogP contribution in [0.1, 0.15) is 11.1 Å². The molecule has 0 aliphatic carbocycles. The first-order chi connectivity index (χ1) is 17.2. The summed E-state index contributed by atoms with van der Waals surface area (Å²) >= 11 is 0. The molecular formula is C30H27IrN3O2-2. The van der Waals surface area contributed by atoms with Gasteiger partial charge < -0.3 is 25.1 Å². The molecule has 1 radical (unpaired) electrons. The van der Waals surface area contributed by atoms with Crippen molar-refractivity contribution in [2.75, 3.05) is 14.2 Å². The Balaban J connectivity index is 0.000000197. The molecule has 36 heavy (non-hydrogen) atoms. The van der Waals surface area contributed by atoms with Crippen molar-refractivity contribution in [2.24, 2.45) is 0 Å². The SMILES string of the molecule is CNCc1ccnc(-c2[c-]cc(OC)cc2CO)c1.[Ir].[c-]1ccccc1-c1nccc2ccccc12. The van der Waals surface area contributed by atoms with Crippen LogP contribution in [0.5, 0.6) is 5.75 Å². The molecule has 185 valence electrons. The molecule has 0 saturated carbocycles. The summed E-state index contributed by atoms with van der Waals surface area (Å²) in [6, 6.07) is 32.1. The van der Waals surface area contributed by atoms with Gasteiger partial charge in [0, 0.05) is 51.4 Å². The van der Waals surface area contributed by atoms with Crippen molar-refractivity contribution >= 4 is 10.8 Å². The van der Waals surface area contributed by atoms with Crippen molar-refractivity contribution in [1.82, 2.24) is 15.3 Å². The van der Waals surface area contributed by atoms with Crippen LogP contribution in [0.2, 0.25) is 0 Å². The number of aliphatic hydroxyl groups is 1. The van der Waals surface area contributed by atoms with Gasteiger partial charge in [-0.25, -0.2) is 0 Å². The molecular weight excluding hydrogens is 627 g/mol. The summed E-state index contributed by atoms with van der Waals surface area (Å²) in [7, 11) is 3.49. The average Bonchev–Trinajstić information content (AvgIpc) is 2.93. The number of aliphatic hydroxyl groups excluding tert-OH is 1. The monoisotopic (exact) mass is 654 g/mol. The average molecular weight is 654 g/mol. The van der Waals surface area contributed by atoms with Crippen molar-refractivity contribution in [2.45, 2.75) is 13.2 Å². The molecule has 0 aliphatic rings. The number of pyridine rings is 2. The van der Waals surface area contributed by atoms with E-state index in [1.807, 2.05) is 67.8 Å². The zero-order valence-electron chi connectivity index (χ0n) is 20.2. The van der Waals surface area contributed by atoms with Crippen molar-refractivity contribution in [3.05, 3.63) is 115 Å². The van der Waals surface area contributed by atoms with Gasteiger partial charge in [-0.3, -0.25) is 0 Å². The van der Waals surface area contributed by atoms with Gasteiger partial charge in [0.15, 0.2) is 0 Å². The Morgan fingerprint density at radius 2 is 1.75 bits per heavy atom. The van der Waals surface area contributed by atoms with Crippen molar-refractivity contribution in [3.63, 3.8) is 0 Å². The van der Waals surface area contributed by atoms with Crippen LogP contribution in [-0.4, -0.2) is 29.2 Å². The molecule has 0 unspecified atom stereocenters. The number of rotatable bonds is 6. The molecule has 2 aromatic heterocycles. The number of nitrogens with zero attached hydrogens (tertiary/aromatic N) is 2. The quantitative estimate of drug-likeness (QED) is 0.238. The van der Waals surface area contributed by atoms with E-state index in [1.54, 1.807) is 25.4 Å². The van der Waals surface area contributed by atoms with Gasteiger partial charge in [0.05, 0.1) is 7.11 Å². The maximum Gasteiger partial charge on any atom is 0.0647 e. The Bertz CT molecular complexity index is 1390. The standard InChI is InChI=1S/C15H17N2O2.C15H10N.Ir/c1-16-9-11-5-6-17-15(7-11)14-4-3-13(19-2)8-12(14)10-18;1-2-7-13(8-3-1)15-14-9-5-4-6-12(14)10-11-16-15;/h3,5-8,16,18H,9-10H2,1-2H3;1-7,9-11H;/q2*-1;. The predicted molar refractivity (Wildman–Crippen MR) is 140 cm³/mol. The van der Waals surface area contributed by atoms with E-state index in [0.29, 0.717) is 5.75 Å². The summed E-state index contributed by atoms with van der Waals surface area (Å²) in [4.78, 5) is 8.79. The first kappa shape index (κ1) is 27.2. The molecule has 0 aliphatic heterocycles. The minimum Gasteiger partial charge on any atom is -0.540 e. The molecule has 0 amide bonds. The van der Waals surface area contributed by atoms with Gasteiger partial charge in [-0.05, 0) is 46.9 Å². The van der Waals surface area contributed by atoms with Crippen LogP contribution in [0, 0.1) is 12.1 Å². The smallest absolute Gasteiger partial charge is 0.0647 e. The van der Waals surface area contributed by atoms with Gasteiger partial charge in [-0.15, -0.1) is 53.6 Å². The summed E-state index contributed by atoms with van der Waals surface area (Å²) in [5.74, 6) is 0.680. The predicted octanol–water partition coefficient (Wildman–Crippen LogP) is 5.47. The van der Waals surface area contributed by atoms with Gasteiger partial charge in [0.1, 0.15) is 0 Å². The molecule has 0 spiro atoms. The Morgan fingerprint density at radius 3 is 2.50 bits per heavy atom. The molecule has 2 N–H and O–H groups in total. The van der Waals surface area contributed by atoms with Crippen LogP contribution in [0.3, 0.4) is 0 Å². The zero-order chi connectivity index (χ0) is 24.5. The second-order valence-corrected chi connectivity index (χ2v) is 7.83. The summed E-state index contributed by atoms with van der Waals surface area (Å²) < 4.78 is 5.14. The van der Waals surface area contributed by atoms with E-state index < -0.39 is 0 Å². The normalized spacial score (nSPS) is 10.2. The summed E-state index contributed by atoms with van der Waals surface area (Å²) in [6.45, 7) is 0.709. The fraction of sp³-hybridized carbons (Fsp3) is 0.133.